The van der Waals surface area contributed by atoms with Crippen molar-refractivity contribution in [1.29, 1.82) is 0 Å². The number of H-pyrrole nitrogens is 1. The third kappa shape index (κ3) is 3.16. The molecule has 0 fully saturated rings. The van der Waals surface area contributed by atoms with Gasteiger partial charge in [-0.1, -0.05) is 0 Å². The molecule has 0 spiro atoms. The molecule has 1 aliphatic rings. The van der Waals surface area contributed by atoms with Crippen LogP contribution >= 0.6 is 0 Å². The van der Waals surface area contributed by atoms with E-state index in [-0.39, 0.29) is 22.9 Å². The Balaban J connectivity index is 1.41. The molecule has 6 rings (SSSR count). The van der Waals surface area contributed by atoms with Crippen molar-refractivity contribution in [1.82, 2.24) is 44.5 Å². The standard InChI is InChI=1S/C21H17F2N9O2/c1-30-7-4-13(28-30)19-26-27-20(34-19)21(33)31-8-5-12-16(25-10-24-12)17(31)14-9-15-11(18(22)23)3-2-6-32(15)29-14/h2-4,6-7,9-10,17-18H,5,8H2,1H3,(H,24,25)/t17-/m1/s1. The molecule has 1 aliphatic heterocycles. The van der Waals surface area contributed by atoms with Crippen molar-refractivity contribution < 1.29 is 18.0 Å². The van der Waals surface area contributed by atoms with Crippen LogP contribution in [0.4, 0.5) is 8.78 Å². The number of hydrogen-bond donors (Lipinski definition) is 1. The largest absolute Gasteiger partial charge is 0.411 e. The number of aromatic amines is 1. The summed E-state index contributed by atoms with van der Waals surface area (Å²) in [5.41, 5.74) is 2.40. The number of aromatic nitrogens is 8. The Labute approximate surface area is 190 Å². The molecule has 34 heavy (non-hydrogen) atoms. The average molecular weight is 465 g/mol. The number of halogens is 2. The van der Waals surface area contributed by atoms with Gasteiger partial charge < -0.3 is 14.3 Å². The Hall–Kier alpha value is -4.42. The summed E-state index contributed by atoms with van der Waals surface area (Å²) in [6, 6.07) is 5.39. The molecule has 1 atom stereocenters. The van der Waals surface area contributed by atoms with Gasteiger partial charge >= 0.3 is 11.8 Å². The molecule has 5 aromatic heterocycles. The predicted octanol–water partition coefficient (Wildman–Crippen LogP) is 2.57. The molecule has 0 saturated heterocycles. The number of alkyl halides is 2. The minimum atomic E-state index is -2.67. The first-order valence-corrected chi connectivity index (χ1v) is 10.4. The van der Waals surface area contributed by atoms with Gasteiger partial charge in [0.15, 0.2) is 0 Å². The first-order chi connectivity index (χ1) is 16.5. The van der Waals surface area contributed by atoms with Crippen LogP contribution in [0.2, 0.25) is 0 Å². The van der Waals surface area contributed by atoms with E-state index in [1.165, 1.54) is 27.9 Å². The Morgan fingerprint density at radius 1 is 1.24 bits per heavy atom. The van der Waals surface area contributed by atoms with Crippen molar-refractivity contribution in [3.63, 3.8) is 0 Å². The van der Waals surface area contributed by atoms with Crippen LogP contribution in [0.25, 0.3) is 17.1 Å². The predicted molar refractivity (Wildman–Crippen MR) is 112 cm³/mol. The zero-order chi connectivity index (χ0) is 23.4. The molecular weight excluding hydrogens is 448 g/mol. The van der Waals surface area contributed by atoms with Gasteiger partial charge in [-0.2, -0.15) is 10.2 Å². The second-order valence-corrected chi connectivity index (χ2v) is 7.87. The van der Waals surface area contributed by atoms with Crippen molar-refractivity contribution in [2.24, 2.45) is 7.05 Å². The number of carbonyl (C=O) groups excluding carboxylic acids is 1. The van der Waals surface area contributed by atoms with E-state index in [1.54, 1.807) is 36.3 Å². The lowest BCUT2D eigenvalue weighted by molar-refractivity contribution is 0.0646. The maximum Gasteiger partial charge on any atom is 0.312 e. The lowest BCUT2D eigenvalue weighted by Gasteiger charge is -2.32. The van der Waals surface area contributed by atoms with Crippen LogP contribution in [0.3, 0.4) is 0 Å². The van der Waals surface area contributed by atoms with E-state index in [0.29, 0.717) is 30.0 Å². The van der Waals surface area contributed by atoms with Crippen LogP contribution in [-0.4, -0.2) is 56.9 Å². The molecule has 1 amide bonds. The SMILES string of the molecule is Cn1ccc(-c2nnc(C(=O)N3CCc4[nH]cnc4[C@H]3c3cc4c(C(F)F)cccn4n3)o2)n1. The quantitative estimate of drug-likeness (QED) is 0.433. The Kier molecular flexibility index (Phi) is 4.50. The van der Waals surface area contributed by atoms with Gasteiger partial charge in [-0.3, -0.25) is 9.48 Å². The van der Waals surface area contributed by atoms with E-state index >= 15 is 0 Å². The third-order valence-electron chi connectivity index (χ3n) is 5.80. The fraction of sp³-hybridized carbons (Fsp3) is 0.238. The van der Waals surface area contributed by atoms with Crippen molar-refractivity contribution in [2.45, 2.75) is 18.9 Å². The molecule has 0 saturated carbocycles. The van der Waals surface area contributed by atoms with E-state index < -0.39 is 18.4 Å². The summed E-state index contributed by atoms with van der Waals surface area (Å²) >= 11 is 0. The minimum absolute atomic E-state index is 0.118. The van der Waals surface area contributed by atoms with E-state index in [2.05, 4.69) is 30.4 Å². The van der Waals surface area contributed by atoms with E-state index in [9.17, 15) is 13.6 Å². The summed E-state index contributed by atoms with van der Waals surface area (Å²) < 4.78 is 35.7. The summed E-state index contributed by atoms with van der Waals surface area (Å²) in [5.74, 6) is -0.603. The molecular formula is C21H17F2N9O2. The normalized spacial score (nSPS) is 15.9. The van der Waals surface area contributed by atoms with Crippen LogP contribution in [-0.2, 0) is 13.5 Å². The fourth-order valence-corrected chi connectivity index (χ4v) is 4.23. The number of aryl methyl sites for hydroxylation is 1. The fourth-order valence-electron chi connectivity index (χ4n) is 4.23. The van der Waals surface area contributed by atoms with Crippen molar-refractivity contribution in [2.75, 3.05) is 6.54 Å². The van der Waals surface area contributed by atoms with Crippen molar-refractivity contribution in [3.8, 4) is 11.6 Å². The van der Waals surface area contributed by atoms with Crippen molar-refractivity contribution in [3.05, 3.63) is 71.5 Å². The minimum Gasteiger partial charge on any atom is -0.411 e. The highest BCUT2D eigenvalue weighted by molar-refractivity contribution is 5.90. The molecule has 0 bridgehead atoms. The lowest BCUT2D eigenvalue weighted by atomic mass is 9.99. The van der Waals surface area contributed by atoms with E-state index in [1.807, 2.05) is 0 Å². The number of amides is 1. The Morgan fingerprint density at radius 3 is 2.91 bits per heavy atom. The van der Waals surface area contributed by atoms with Gasteiger partial charge in [0.2, 0.25) is 0 Å². The van der Waals surface area contributed by atoms with Gasteiger partial charge in [-0.15, -0.1) is 10.2 Å². The number of nitrogens with one attached hydrogen (secondary N) is 1. The monoisotopic (exact) mass is 465 g/mol. The number of rotatable bonds is 4. The van der Waals surface area contributed by atoms with Crippen molar-refractivity contribution >= 4 is 11.4 Å². The van der Waals surface area contributed by atoms with Gasteiger partial charge in [0.05, 0.1) is 23.2 Å². The van der Waals surface area contributed by atoms with Crippen LogP contribution in [0.15, 0.2) is 47.4 Å². The molecule has 1 N–H and O–H groups in total. The summed E-state index contributed by atoms with van der Waals surface area (Å²) in [6.45, 7) is 0.315. The molecule has 0 aliphatic carbocycles. The highest BCUT2D eigenvalue weighted by Gasteiger charge is 2.38. The molecule has 11 nitrogen and oxygen atoms in total. The number of nitrogens with zero attached hydrogens (tertiary/aromatic N) is 8. The van der Waals surface area contributed by atoms with Gasteiger partial charge in [-0.25, -0.2) is 18.3 Å². The molecule has 172 valence electrons. The molecule has 0 radical (unpaired) electrons. The molecule has 5 aromatic rings. The number of hydrogen-bond acceptors (Lipinski definition) is 7. The van der Waals surface area contributed by atoms with Gasteiger partial charge in [0.1, 0.15) is 11.7 Å². The van der Waals surface area contributed by atoms with Gasteiger partial charge in [-0.05, 0) is 24.3 Å². The van der Waals surface area contributed by atoms with Gasteiger partial charge in [0, 0.05) is 43.7 Å². The van der Waals surface area contributed by atoms with Crippen LogP contribution in [0.1, 0.15) is 45.8 Å². The second-order valence-electron chi connectivity index (χ2n) is 7.87. The van der Waals surface area contributed by atoms with Crippen LogP contribution < -0.4 is 0 Å². The number of carbonyl (C=O) groups is 1. The average Bonchev–Trinajstić information content (AvgIpc) is 3.62. The summed E-state index contributed by atoms with van der Waals surface area (Å²) in [4.78, 5) is 22.5. The molecule has 6 heterocycles. The second kappa shape index (κ2) is 7.57. The Morgan fingerprint density at radius 2 is 2.12 bits per heavy atom. The lowest BCUT2D eigenvalue weighted by Crippen LogP contribution is -2.41. The zero-order valence-corrected chi connectivity index (χ0v) is 17.8. The summed E-state index contributed by atoms with van der Waals surface area (Å²) in [7, 11) is 1.75. The Bertz CT molecular complexity index is 1520. The summed E-state index contributed by atoms with van der Waals surface area (Å²) in [6.07, 6.45) is 2.70. The highest BCUT2D eigenvalue weighted by Crippen LogP contribution is 2.35. The van der Waals surface area contributed by atoms with Crippen LogP contribution in [0.5, 0.6) is 0 Å². The molecule has 0 unspecified atom stereocenters. The maximum absolute atomic E-state index is 13.6. The molecule has 13 heteroatoms. The van der Waals surface area contributed by atoms with E-state index in [0.717, 1.165) is 5.69 Å². The third-order valence-corrected chi connectivity index (χ3v) is 5.80. The zero-order valence-electron chi connectivity index (χ0n) is 17.8. The number of imidazole rings is 1. The first-order valence-electron chi connectivity index (χ1n) is 10.4. The van der Waals surface area contributed by atoms with Crippen LogP contribution in [0, 0.1) is 0 Å². The number of fused-ring (bicyclic) bond motifs is 2. The topological polar surface area (TPSA) is 123 Å². The number of pyridine rings is 1. The first kappa shape index (κ1) is 20.2. The maximum atomic E-state index is 13.6. The smallest absolute Gasteiger partial charge is 0.312 e. The van der Waals surface area contributed by atoms with E-state index in [4.69, 9.17) is 4.42 Å². The van der Waals surface area contributed by atoms with Gasteiger partial charge in [0.25, 0.3) is 12.3 Å². The summed E-state index contributed by atoms with van der Waals surface area (Å²) in [5, 5.41) is 16.6. The highest BCUT2D eigenvalue weighted by atomic mass is 19.3. The molecule has 0 aromatic carbocycles.